The Hall–Kier alpha value is -1.85. The van der Waals surface area contributed by atoms with Gasteiger partial charge in [-0.15, -0.1) is 0 Å². The van der Waals surface area contributed by atoms with Gasteiger partial charge in [-0.05, 0) is 44.9 Å². The second kappa shape index (κ2) is 50.8. The summed E-state index contributed by atoms with van der Waals surface area (Å²) in [6.07, 6.45) is 56.5. The van der Waals surface area contributed by atoms with E-state index in [9.17, 15) is 14.4 Å². The van der Waals surface area contributed by atoms with Crippen LogP contribution in [0.3, 0.4) is 0 Å². The predicted molar refractivity (Wildman–Crippen MR) is 261 cm³/mol. The highest BCUT2D eigenvalue weighted by Crippen LogP contribution is 2.17. The number of allylic oxidation sites excluding steroid dienone is 2. The van der Waals surface area contributed by atoms with Crippen LogP contribution in [0, 0.1) is 0 Å². The van der Waals surface area contributed by atoms with E-state index in [1.54, 1.807) is 0 Å². The zero-order valence-electron chi connectivity index (χ0n) is 41.2. The number of carbonyl (C=O) groups is 3. The summed E-state index contributed by atoms with van der Waals surface area (Å²) in [5.41, 5.74) is 0. The molecule has 0 saturated carbocycles. The van der Waals surface area contributed by atoms with Crippen LogP contribution in [0.5, 0.6) is 0 Å². The molecular formula is C55H104O6. The second-order valence-electron chi connectivity index (χ2n) is 18.5. The molecule has 0 spiro atoms. The molecule has 360 valence electrons. The van der Waals surface area contributed by atoms with Gasteiger partial charge in [-0.3, -0.25) is 14.4 Å². The summed E-state index contributed by atoms with van der Waals surface area (Å²) in [5, 5.41) is 0. The number of hydrogen-bond donors (Lipinski definition) is 0. The maximum atomic E-state index is 12.8. The zero-order chi connectivity index (χ0) is 44.4. The summed E-state index contributed by atoms with van der Waals surface area (Å²) in [6.45, 7) is 6.63. The molecule has 6 nitrogen and oxygen atoms in total. The van der Waals surface area contributed by atoms with Gasteiger partial charge in [0.1, 0.15) is 13.2 Å². The molecule has 0 aliphatic heterocycles. The smallest absolute Gasteiger partial charge is 0.306 e. The molecule has 0 bridgehead atoms. The van der Waals surface area contributed by atoms with Gasteiger partial charge in [0.2, 0.25) is 0 Å². The van der Waals surface area contributed by atoms with Gasteiger partial charge in [-0.2, -0.15) is 0 Å². The van der Waals surface area contributed by atoms with E-state index in [0.29, 0.717) is 19.3 Å². The molecule has 0 saturated heterocycles. The van der Waals surface area contributed by atoms with Crippen LogP contribution in [0.25, 0.3) is 0 Å². The zero-order valence-corrected chi connectivity index (χ0v) is 41.2. The fraction of sp³-hybridized carbons (Fsp3) is 0.909. The van der Waals surface area contributed by atoms with Crippen LogP contribution < -0.4 is 0 Å². The van der Waals surface area contributed by atoms with E-state index < -0.39 is 6.10 Å². The van der Waals surface area contributed by atoms with E-state index >= 15 is 0 Å². The predicted octanol–water partition coefficient (Wildman–Crippen LogP) is 17.8. The van der Waals surface area contributed by atoms with Crippen molar-refractivity contribution >= 4 is 17.9 Å². The molecule has 1 unspecified atom stereocenters. The SMILES string of the molecule is CCCCCCCC/C=C\CCCCCCCC(=O)OC(COC(=O)CCCCCCCCC)COC(=O)CCCCCCCCCCCCCCCCCCCCCCC. The lowest BCUT2D eigenvalue weighted by atomic mass is 10.0. The van der Waals surface area contributed by atoms with Gasteiger partial charge in [-0.25, -0.2) is 0 Å². The van der Waals surface area contributed by atoms with Crippen molar-refractivity contribution in [2.24, 2.45) is 0 Å². The Labute approximate surface area is 380 Å². The van der Waals surface area contributed by atoms with E-state index in [-0.39, 0.29) is 31.1 Å². The molecule has 0 N–H and O–H groups in total. The summed E-state index contributed by atoms with van der Waals surface area (Å²) in [7, 11) is 0. The van der Waals surface area contributed by atoms with Gasteiger partial charge in [0.05, 0.1) is 0 Å². The molecule has 0 heterocycles. The minimum Gasteiger partial charge on any atom is -0.462 e. The Morgan fingerprint density at radius 1 is 0.311 bits per heavy atom. The topological polar surface area (TPSA) is 78.9 Å². The summed E-state index contributed by atoms with van der Waals surface area (Å²) in [6, 6.07) is 0. The lowest BCUT2D eigenvalue weighted by Gasteiger charge is -2.18. The molecule has 0 rings (SSSR count). The Kier molecular flexibility index (Phi) is 49.3. The van der Waals surface area contributed by atoms with Gasteiger partial charge < -0.3 is 14.2 Å². The second-order valence-corrected chi connectivity index (χ2v) is 18.5. The van der Waals surface area contributed by atoms with Crippen molar-refractivity contribution in [1.29, 1.82) is 0 Å². The molecule has 61 heavy (non-hydrogen) atoms. The standard InChI is InChI=1S/C55H104O6/c1-4-7-10-13-16-18-20-22-24-25-26-27-28-29-31-32-34-36-39-42-45-48-54(57)60-51-52(50-59-53(56)47-44-41-38-15-12-9-6-3)61-55(58)49-46-43-40-37-35-33-30-23-21-19-17-14-11-8-5-2/h23,30,52H,4-22,24-29,31-51H2,1-3H3/b30-23-. The average Bonchev–Trinajstić information content (AvgIpc) is 3.26. The van der Waals surface area contributed by atoms with Crippen molar-refractivity contribution < 1.29 is 28.6 Å². The monoisotopic (exact) mass is 861 g/mol. The Morgan fingerprint density at radius 3 is 0.820 bits per heavy atom. The van der Waals surface area contributed by atoms with Gasteiger partial charge in [-0.1, -0.05) is 251 Å². The number of hydrogen-bond acceptors (Lipinski definition) is 6. The summed E-state index contributed by atoms with van der Waals surface area (Å²) < 4.78 is 16.8. The first-order valence-corrected chi connectivity index (χ1v) is 27.2. The molecule has 0 aromatic heterocycles. The van der Waals surface area contributed by atoms with Crippen molar-refractivity contribution in [1.82, 2.24) is 0 Å². The molecule has 1 atom stereocenters. The van der Waals surface area contributed by atoms with Crippen molar-refractivity contribution in [2.45, 2.75) is 309 Å². The van der Waals surface area contributed by atoms with E-state index in [4.69, 9.17) is 14.2 Å². The van der Waals surface area contributed by atoms with Crippen LogP contribution in [0.4, 0.5) is 0 Å². The van der Waals surface area contributed by atoms with E-state index in [1.165, 1.54) is 199 Å². The maximum absolute atomic E-state index is 12.8. The van der Waals surface area contributed by atoms with Gasteiger partial charge in [0, 0.05) is 19.3 Å². The molecule has 0 aromatic rings. The third-order valence-electron chi connectivity index (χ3n) is 12.3. The highest BCUT2D eigenvalue weighted by atomic mass is 16.6. The van der Waals surface area contributed by atoms with Crippen LogP contribution in [0.15, 0.2) is 12.2 Å². The molecule has 0 fully saturated rings. The number of carbonyl (C=O) groups excluding carboxylic acids is 3. The number of esters is 3. The molecule has 6 heteroatoms. The van der Waals surface area contributed by atoms with Crippen molar-refractivity contribution in [3.63, 3.8) is 0 Å². The normalized spacial score (nSPS) is 12.0. The fourth-order valence-corrected chi connectivity index (χ4v) is 8.14. The maximum Gasteiger partial charge on any atom is 0.306 e. The summed E-state index contributed by atoms with van der Waals surface area (Å²) >= 11 is 0. The van der Waals surface area contributed by atoms with Crippen LogP contribution in [0.1, 0.15) is 303 Å². The lowest BCUT2D eigenvalue weighted by Crippen LogP contribution is -2.30. The molecular weight excluding hydrogens is 757 g/mol. The van der Waals surface area contributed by atoms with Crippen molar-refractivity contribution in [3.05, 3.63) is 12.2 Å². The number of rotatable bonds is 50. The van der Waals surface area contributed by atoms with Crippen LogP contribution >= 0.6 is 0 Å². The summed E-state index contributed by atoms with van der Waals surface area (Å²) in [5.74, 6) is -0.866. The van der Waals surface area contributed by atoms with Gasteiger partial charge in [0.15, 0.2) is 6.10 Å². The summed E-state index contributed by atoms with van der Waals surface area (Å²) in [4.78, 5) is 37.8. The van der Waals surface area contributed by atoms with Crippen LogP contribution in [-0.2, 0) is 28.6 Å². The fourth-order valence-electron chi connectivity index (χ4n) is 8.14. The van der Waals surface area contributed by atoms with Gasteiger partial charge >= 0.3 is 17.9 Å². The minimum atomic E-state index is -0.766. The van der Waals surface area contributed by atoms with Crippen molar-refractivity contribution in [3.8, 4) is 0 Å². The Morgan fingerprint density at radius 2 is 0.541 bits per heavy atom. The molecule has 0 aromatic carbocycles. The minimum absolute atomic E-state index is 0.0685. The van der Waals surface area contributed by atoms with Crippen LogP contribution in [-0.4, -0.2) is 37.2 Å². The first-order chi connectivity index (χ1) is 30.0. The average molecular weight is 861 g/mol. The van der Waals surface area contributed by atoms with Crippen LogP contribution in [0.2, 0.25) is 0 Å². The quantitative estimate of drug-likeness (QED) is 0.0262. The Balaban J connectivity index is 4.15. The lowest BCUT2D eigenvalue weighted by molar-refractivity contribution is -0.167. The van der Waals surface area contributed by atoms with E-state index in [1.807, 2.05) is 0 Å². The number of unbranched alkanes of at least 4 members (excludes halogenated alkanes) is 37. The molecule has 0 amide bonds. The largest absolute Gasteiger partial charge is 0.462 e. The third kappa shape index (κ3) is 49.0. The van der Waals surface area contributed by atoms with Crippen molar-refractivity contribution in [2.75, 3.05) is 13.2 Å². The van der Waals surface area contributed by atoms with E-state index in [0.717, 1.165) is 64.2 Å². The first kappa shape index (κ1) is 59.1. The highest BCUT2D eigenvalue weighted by molar-refractivity contribution is 5.71. The third-order valence-corrected chi connectivity index (χ3v) is 12.3. The highest BCUT2D eigenvalue weighted by Gasteiger charge is 2.19. The van der Waals surface area contributed by atoms with Gasteiger partial charge in [0.25, 0.3) is 0 Å². The molecule has 0 aliphatic rings. The molecule has 0 radical (unpaired) electrons. The Bertz CT molecular complexity index is 947. The first-order valence-electron chi connectivity index (χ1n) is 27.2. The van der Waals surface area contributed by atoms with E-state index in [2.05, 4.69) is 32.9 Å². The molecule has 0 aliphatic carbocycles. The number of ether oxygens (including phenoxy) is 3.